The second kappa shape index (κ2) is 4.61. The predicted molar refractivity (Wildman–Crippen MR) is 68.4 cm³/mol. The molecule has 0 atom stereocenters. The Hall–Kier alpha value is -2.16. The Labute approximate surface area is 106 Å². The van der Waals surface area contributed by atoms with E-state index in [2.05, 4.69) is 12.1 Å². The SMILES string of the molecule is COc1cccc(Cc2ccc3c(c2)OCO3)c1. The Kier molecular flexibility index (Phi) is 2.81. The quantitative estimate of drug-likeness (QED) is 0.828. The van der Waals surface area contributed by atoms with Gasteiger partial charge in [-0.3, -0.25) is 0 Å². The molecule has 0 bridgehead atoms. The van der Waals surface area contributed by atoms with Crippen molar-refractivity contribution in [1.82, 2.24) is 0 Å². The van der Waals surface area contributed by atoms with E-state index in [4.69, 9.17) is 14.2 Å². The summed E-state index contributed by atoms with van der Waals surface area (Å²) in [5, 5.41) is 0. The van der Waals surface area contributed by atoms with E-state index in [0.717, 1.165) is 23.7 Å². The van der Waals surface area contributed by atoms with Gasteiger partial charge in [-0.1, -0.05) is 18.2 Å². The maximum atomic E-state index is 5.37. The highest BCUT2D eigenvalue weighted by atomic mass is 16.7. The Bertz CT molecular complexity index is 563. The van der Waals surface area contributed by atoms with Crippen LogP contribution in [-0.4, -0.2) is 13.9 Å². The zero-order chi connectivity index (χ0) is 12.4. The summed E-state index contributed by atoms with van der Waals surface area (Å²) >= 11 is 0. The lowest BCUT2D eigenvalue weighted by Gasteiger charge is -2.05. The van der Waals surface area contributed by atoms with Crippen LogP contribution in [0.4, 0.5) is 0 Å². The Morgan fingerprint density at radius 1 is 1.00 bits per heavy atom. The number of hydrogen-bond acceptors (Lipinski definition) is 3. The van der Waals surface area contributed by atoms with Gasteiger partial charge in [-0.05, 0) is 41.8 Å². The first-order valence-corrected chi connectivity index (χ1v) is 5.86. The van der Waals surface area contributed by atoms with E-state index >= 15 is 0 Å². The molecule has 0 unspecified atom stereocenters. The number of benzene rings is 2. The summed E-state index contributed by atoms with van der Waals surface area (Å²) < 4.78 is 15.9. The van der Waals surface area contributed by atoms with E-state index in [1.165, 1.54) is 11.1 Å². The fourth-order valence-electron chi connectivity index (χ4n) is 2.07. The van der Waals surface area contributed by atoms with Crippen molar-refractivity contribution in [2.24, 2.45) is 0 Å². The number of hydrogen-bond donors (Lipinski definition) is 0. The third kappa shape index (κ3) is 2.12. The largest absolute Gasteiger partial charge is 0.497 e. The van der Waals surface area contributed by atoms with E-state index in [1.807, 2.05) is 30.3 Å². The van der Waals surface area contributed by atoms with Crippen molar-refractivity contribution in [3.8, 4) is 17.2 Å². The van der Waals surface area contributed by atoms with Crippen LogP contribution in [0.5, 0.6) is 17.2 Å². The average Bonchev–Trinajstić information content (AvgIpc) is 2.86. The third-order valence-electron chi connectivity index (χ3n) is 2.98. The van der Waals surface area contributed by atoms with Gasteiger partial charge in [0.2, 0.25) is 6.79 Å². The van der Waals surface area contributed by atoms with Crippen LogP contribution >= 0.6 is 0 Å². The Morgan fingerprint density at radius 2 is 1.83 bits per heavy atom. The molecule has 1 aliphatic heterocycles. The van der Waals surface area contributed by atoms with Crippen LogP contribution < -0.4 is 14.2 Å². The van der Waals surface area contributed by atoms with Crippen molar-refractivity contribution in [3.05, 3.63) is 53.6 Å². The highest BCUT2D eigenvalue weighted by molar-refractivity contribution is 5.46. The minimum absolute atomic E-state index is 0.317. The molecule has 0 N–H and O–H groups in total. The van der Waals surface area contributed by atoms with E-state index in [1.54, 1.807) is 7.11 Å². The summed E-state index contributed by atoms with van der Waals surface area (Å²) in [6.07, 6.45) is 0.855. The predicted octanol–water partition coefficient (Wildman–Crippen LogP) is 3.01. The van der Waals surface area contributed by atoms with Gasteiger partial charge in [0.25, 0.3) is 0 Å². The fraction of sp³-hybridized carbons (Fsp3) is 0.200. The van der Waals surface area contributed by atoms with Gasteiger partial charge in [0, 0.05) is 0 Å². The molecule has 2 aromatic rings. The van der Waals surface area contributed by atoms with E-state index in [-0.39, 0.29) is 0 Å². The maximum absolute atomic E-state index is 5.37. The van der Waals surface area contributed by atoms with Gasteiger partial charge in [-0.25, -0.2) is 0 Å². The van der Waals surface area contributed by atoms with Crippen LogP contribution in [0.15, 0.2) is 42.5 Å². The molecule has 1 aliphatic rings. The van der Waals surface area contributed by atoms with Crippen LogP contribution in [0.2, 0.25) is 0 Å². The van der Waals surface area contributed by atoms with Crippen LogP contribution in [0.25, 0.3) is 0 Å². The van der Waals surface area contributed by atoms with Crippen LogP contribution in [-0.2, 0) is 6.42 Å². The van der Waals surface area contributed by atoms with Gasteiger partial charge < -0.3 is 14.2 Å². The van der Waals surface area contributed by atoms with Gasteiger partial charge >= 0.3 is 0 Å². The smallest absolute Gasteiger partial charge is 0.231 e. The Morgan fingerprint density at radius 3 is 2.72 bits per heavy atom. The minimum Gasteiger partial charge on any atom is -0.497 e. The maximum Gasteiger partial charge on any atom is 0.231 e. The number of ether oxygens (including phenoxy) is 3. The summed E-state index contributed by atoms with van der Waals surface area (Å²) in [6, 6.07) is 14.1. The van der Waals surface area contributed by atoms with E-state index in [9.17, 15) is 0 Å². The van der Waals surface area contributed by atoms with Gasteiger partial charge in [0.15, 0.2) is 11.5 Å². The monoisotopic (exact) mass is 242 g/mol. The molecule has 3 rings (SSSR count). The normalized spacial score (nSPS) is 12.5. The number of rotatable bonds is 3. The molecule has 0 spiro atoms. The molecule has 92 valence electrons. The molecule has 2 aromatic carbocycles. The molecular weight excluding hydrogens is 228 g/mol. The minimum atomic E-state index is 0.317. The topological polar surface area (TPSA) is 27.7 Å². The summed E-state index contributed by atoms with van der Waals surface area (Å²) in [5.74, 6) is 2.54. The molecule has 0 fully saturated rings. The highest BCUT2D eigenvalue weighted by Gasteiger charge is 2.13. The zero-order valence-corrected chi connectivity index (χ0v) is 10.2. The van der Waals surface area contributed by atoms with E-state index in [0.29, 0.717) is 6.79 Å². The van der Waals surface area contributed by atoms with Gasteiger partial charge in [-0.15, -0.1) is 0 Å². The first-order chi connectivity index (χ1) is 8.85. The van der Waals surface area contributed by atoms with E-state index < -0.39 is 0 Å². The molecule has 0 saturated carbocycles. The molecule has 18 heavy (non-hydrogen) atoms. The van der Waals surface area contributed by atoms with Gasteiger partial charge in [-0.2, -0.15) is 0 Å². The summed E-state index contributed by atoms with van der Waals surface area (Å²) in [6.45, 7) is 0.317. The van der Waals surface area contributed by atoms with Gasteiger partial charge in [0.05, 0.1) is 7.11 Å². The lowest BCUT2D eigenvalue weighted by Crippen LogP contribution is -1.93. The first kappa shape index (κ1) is 11.0. The molecule has 1 heterocycles. The average molecular weight is 242 g/mol. The van der Waals surface area contributed by atoms with Crippen molar-refractivity contribution in [2.75, 3.05) is 13.9 Å². The molecule has 3 heteroatoms. The van der Waals surface area contributed by atoms with Crippen molar-refractivity contribution in [3.63, 3.8) is 0 Å². The zero-order valence-electron chi connectivity index (χ0n) is 10.2. The number of methoxy groups -OCH3 is 1. The molecule has 3 nitrogen and oxygen atoms in total. The number of fused-ring (bicyclic) bond motifs is 1. The molecule has 0 aromatic heterocycles. The van der Waals surface area contributed by atoms with Crippen LogP contribution in [0.1, 0.15) is 11.1 Å². The molecule has 0 radical (unpaired) electrons. The Balaban J connectivity index is 1.83. The summed E-state index contributed by atoms with van der Waals surface area (Å²) in [7, 11) is 1.68. The summed E-state index contributed by atoms with van der Waals surface area (Å²) in [5.41, 5.74) is 2.42. The first-order valence-electron chi connectivity index (χ1n) is 5.86. The lowest BCUT2D eigenvalue weighted by molar-refractivity contribution is 0.174. The van der Waals surface area contributed by atoms with Crippen molar-refractivity contribution in [2.45, 2.75) is 6.42 Å². The molecule has 0 aliphatic carbocycles. The van der Waals surface area contributed by atoms with Crippen molar-refractivity contribution in [1.29, 1.82) is 0 Å². The third-order valence-corrected chi connectivity index (χ3v) is 2.98. The second-order valence-corrected chi connectivity index (χ2v) is 4.22. The van der Waals surface area contributed by atoms with Gasteiger partial charge in [0.1, 0.15) is 5.75 Å². The fourth-order valence-corrected chi connectivity index (χ4v) is 2.07. The standard InChI is InChI=1S/C15H14O3/c1-16-13-4-2-3-11(8-13)7-12-5-6-14-15(9-12)18-10-17-14/h2-6,8-9H,7,10H2,1H3. The summed E-state index contributed by atoms with van der Waals surface area (Å²) in [4.78, 5) is 0. The lowest BCUT2D eigenvalue weighted by atomic mass is 10.0. The molecule has 0 saturated heterocycles. The molecule has 0 amide bonds. The molecular formula is C15H14O3. The second-order valence-electron chi connectivity index (χ2n) is 4.22. The van der Waals surface area contributed by atoms with Crippen molar-refractivity contribution < 1.29 is 14.2 Å². The van der Waals surface area contributed by atoms with Crippen LogP contribution in [0, 0.1) is 0 Å². The van der Waals surface area contributed by atoms with Crippen molar-refractivity contribution >= 4 is 0 Å². The highest BCUT2D eigenvalue weighted by Crippen LogP contribution is 2.33. The van der Waals surface area contributed by atoms with Crippen LogP contribution in [0.3, 0.4) is 0 Å².